The van der Waals surface area contributed by atoms with E-state index in [4.69, 9.17) is 10.5 Å². The zero-order chi connectivity index (χ0) is 11.0. The summed E-state index contributed by atoms with van der Waals surface area (Å²) in [6.07, 6.45) is 3.11. The number of nitrogens with zero attached hydrogens (tertiary/aromatic N) is 3. The topological polar surface area (TPSA) is 56.3 Å². The molecule has 1 aliphatic rings. The van der Waals surface area contributed by atoms with Crippen LogP contribution in [0.3, 0.4) is 0 Å². The normalized spacial score (nSPS) is 25.8. The highest BCUT2D eigenvalue weighted by atomic mass is 16.5. The highest BCUT2D eigenvalue weighted by Crippen LogP contribution is 2.26. The van der Waals surface area contributed by atoms with E-state index in [1.54, 1.807) is 4.68 Å². The highest BCUT2D eigenvalue weighted by molar-refractivity contribution is 5.61. The van der Waals surface area contributed by atoms with Gasteiger partial charge < -0.3 is 15.4 Å². The molecule has 1 fully saturated rings. The molecule has 0 amide bonds. The molecule has 5 nitrogen and oxygen atoms in total. The number of aryl methyl sites for hydroxylation is 1. The van der Waals surface area contributed by atoms with Gasteiger partial charge in [-0.05, 0) is 13.3 Å². The second-order valence-corrected chi connectivity index (χ2v) is 4.12. The summed E-state index contributed by atoms with van der Waals surface area (Å²) in [6.45, 7) is 2.91. The number of hydrogen-bond acceptors (Lipinski definition) is 4. The molecule has 84 valence electrons. The van der Waals surface area contributed by atoms with Gasteiger partial charge in [-0.2, -0.15) is 5.10 Å². The fourth-order valence-corrected chi connectivity index (χ4v) is 2.16. The molecule has 1 aromatic heterocycles. The smallest absolute Gasteiger partial charge is 0.173 e. The molecular weight excluding hydrogens is 192 g/mol. The van der Waals surface area contributed by atoms with E-state index in [0.717, 1.165) is 24.5 Å². The van der Waals surface area contributed by atoms with Crippen molar-refractivity contribution in [2.45, 2.75) is 25.5 Å². The predicted molar refractivity (Wildman–Crippen MR) is 59.8 cm³/mol. The Labute approximate surface area is 89.8 Å². The van der Waals surface area contributed by atoms with Gasteiger partial charge in [-0.25, -0.2) is 0 Å². The number of likely N-dealkylation sites (N-methyl/N-ethyl adjacent to an activating group) is 1. The lowest BCUT2D eigenvalue weighted by molar-refractivity contribution is 0.118. The first-order valence-electron chi connectivity index (χ1n) is 5.23. The Kier molecular flexibility index (Phi) is 2.56. The molecule has 15 heavy (non-hydrogen) atoms. The molecule has 2 unspecified atom stereocenters. The Hall–Kier alpha value is -1.23. The largest absolute Gasteiger partial charge is 0.394 e. The monoisotopic (exact) mass is 210 g/mol. The second kappa shape index (κ2) is 3.73. The molecule has 2 atom stereocenters. The molecule has 2 rings (SSSR count). The van der Waals surface area contributed by atoms with Gasteiger partial charge in [0.25, 0.3) is 0 Å². The van der Waals surface area contributed by atoms with Crippen molar-refractivity contribution < 1.29 is 4.74 Å². The van der Waals surface area contributed by atoms with Gasteiger partial charge in [0.2, 0.25) is 0 Å². The van der Waals surface area contributed by atoms with Crippen LogP contribution in [-0.4, -0.2) is 35.6 Å². The number of anilines is 2. The summed E-state index contributed by atoms with van der Waals surface area (Å²) in [5.74, 6) is 0.847. The van der Waals surface area contributed by atoms with E-state index < -0.39 is 0 Å². The molecule has 5 heteroatoms. The summed E-state index contributed by atoms with van der Waals surface area (Å²) in [6, 6.07) is 0.377. The molecular formula is C10H18N4O. The first kappa shape index (κ1) is 10.3. The SMILES string of the molecule is CC1OCCC1N(C)c1nn(C)cc1N. The van der Waals surface area contributed by atoms with Crippen LogP contribution in [0.1, 0.15) is 13.3 Å². The third kappa shape index (κ3) is 1.79. The van der Waals surface area contributed by atoms with Gasteiger partial charge in [-0.1, -0.05) is 0 Å². The number of hydrogen-bond donors (Lipinski definition) is 1. The van der Waals surface area contributed by atoms with Crippen molar-refractivity contribution in [1.82, 2.24) is 9.78 Å². The number of aromatic nitrogens is 2. The van der Waals surface area contributed by atoms with Crippen LogP contribution < -0.4 is 10.6 Å². The summed E-state index contributed by atoms with van der Waals surface area (Å²) < 4.78 is 7.28. The number of nitrogens with two attached hydrogens (primary N) is 1. The van der Waals surface area contributed by atoms with E-state index in [1.165, 1.54) is 0 Å². The first-order valence-corrected chi connectivity index (χ1v) is 5.23. The Morgan fingerprint density at radius 1 is 1.67 bits per heavy atom. The third-order valence-corrected chi connectivity index (χ3v) is 3.00. The van der Waals surface area contributed by atoms with Crippen LogP contribution in [0.15, 0.2) is 6.20 Å². The Balaban J connectivity index is 2.19. The molecule has 2 heterocycles. The van der Waals surface area contributed by atoms with Gasteiger partial charge in [-0.15, -0.1) is 0 Å². The molecule has 1 saturated heterocycles. The van der Waals surface area contributed by atoms with Crippen LogP contribution in [0.4, 0.5) is 11.5 Å². The first-order chi connectivity index (χ1) is 7.09. The van der Waals surface area contributed by atoms with Gasteiger partial charge in [0.1, 0.15) is 0 Å². The Bertz CT molecular complexity index is 349. The van der Waals surface area contributed by atoms with Crippen LogP contribution in [0, 0.1) is 0 Å². The number of ether oxygens (including phenoxy) is 1. The molecule has 0 aliphatic carbocycles. The molecule has 0 spiro atoms. The van der Waals surface area contributed by atoms with Crippen LogP contribution in [0.25, 0.3) is 0 Å². The lowest BCUT2D eigenvalue weighted by atomic mass is 10.1. The minimum atomic E-state index is 0.247. The van der Waals surface area contributed by atoms with Crippen molar-refractivity contribution in [1.29, 1.82) is 0 Å². The van der Waals surface area contributed by atoms with Crippen molar-refractivity contribution in [3.63, 3.8) is 0 Å². The third-order valence-electron chi connectivity index (χ3n) is 3.00. The van der Waals surface area contributed by atoms with Crippen LogP contribution in [-0.2, 0) is 11.8 Å². The average molecular weight is 210 g/mol. The predicted octanol–water partition coefficient (Wildman–Crippen LogP) is 0.616. The van der Waals surface area contributed by atoms with Gasteiger partial charge in [0, 0.05) is 26.9 Å². The standard InChI is InChI=1S/C10H18N4O/c1-7-9(4-5-15-7)14(3)10-8(11)6-13(2)12-10/h6-7,9H,4-5,11H2,1-3H3. The summed E-state index contributed by atoms with van der Waals surface area (Å²) >= 11 is 0. The molecule has 0 saturated carbocycles. The van der Waals surface area contributed by atoms with Crippen LogP contribution >= 0.6 is 0 Å². The maximum Gasteiger partial charge on any atom is 0.173 e. The zero-order valence-corrected chi connectivity index (χ0v) is 9.47. The molecule has 0 aromatic carbocycles. The fourth-order valence-electron chi connectivity index (χ4n) is 2.16. The van der Waals surface area contributed by atoms with Gasteiger partial charge >= 0.3 is 0 Å². The lowest BCUT2D eigenvalue weighted by Gasteiger charge is -2.26. The van der Waals surface area contributed by atoms with Crippen molar-refractivity contribution in [3.8, 4) is 0 Å². The quantitative estimate of drug-likeness (QED) is 0.777. The zero-order valence-electron chi connectivity index (χ0n) is 9.47. The number of nitrogen functional groups attached to an aromatic ring is 1. The van der Waals surface area contributed by atoms with Crippen molar-refractivity contribution in [3.05, 3.63) is 6.20 Å². The fraction of sp³-hybridized carbons (Fsp3) is 0.700. The Morgan fingerprint density at radius 3 is 2.87 bits per heavy atom. The Morgan fingerprint density at radius 2 is 2.40 bits per heavy atom. The number of rotatable bonds is 2. The summed E-state index contributed by atoms with van der Waals surface area (Å²) in [5, 5.41) is 4.35. The van der Waals surface area contributed by atoms with Crippen molar-refractivity contribution in [2.24, 2.45) is 7.05 Å². The molecule has 1 aromatic rings. The molecule has 0 radical (unpaired) electrons. The summed E-state index contributed by atoms with van der Waals surface area (Å²) in [4.78, 5) is 2.12. The van der Waals surface area contributed by atoms with Crippen molar-refractivity contribution in [2.75, 3.05) is 24.3 Å². The second-order valence-electron chi connectivity index (χ2n) is 4.12. The van der Waals surface area contributed by atoms with Gasteiger partial charge in [-0.3, -0.25) is 4.68 Å². The average Bonchev–Trinajstić information content (AvgIpc) is 2.71. The van der Waals surface area contributed by atoms with Crippen molar-refractivity contribution >= 4 is 11.5 Å². The van der Waals surface area contributed by atoms with Crippen LogP contribution in [0.2, 0.25) is 0 Å². The van der Waals surface area contributed by atoms with Crippen LogP contribution in [0.5, 0.6) is 0 Å². The maximum absolute atomic E-state index is 5.89. The minimum absolute atomic E-state index is 0.247. The summed E-state index contributed by atoms with van der Waals surface area (Å²) in [7, 11) is 3.90. The molecule has 2 N–H and O–H groups in total. The lowest BCUT2D eigenvalue weighted by Crippen LogP contribution is -2.37. The van der Waals surface area contributed by atoms with E-state index in [0.29, 0.717) is 6.04 Å². The van der Waals surface area contributed by atoms with E-state index in [9.17, 15) is 0 Å². The summed E-state index contributed by atoms with van der Waals surface area (Å²) in [5.41, 5.74) is 6.61. The maximum atomic E-state index is 5.89. The van der Waals surface area contributed by atoms with Gasteiger partial charge in [0.05, 0.1) is 17.8 Å². The van der Waals surface area contributed by atoms with Gasteiger partial charge in [0.15, 0.2) is 5.82 Å². The van der Waals surface area contributed by atoms with E-state index in [2.05, 4.69) is 16.9 Å². The molecule has 0 bridgehead atoms. The van der Waals surface area contributed by atoms with E-state index in [1.807, 2.05) is 20.3 Å². The van der Waals surface area contributed by atoms with E-state index >= 15 is 0 Å². The van der Waals surface area contributed by atoms with E-state index in [-0.39, 0.29) is 6.10 Å². The molecule has 1 aliphatic heterocycles. The minimum Gasteiger partial charge on any atom is -0.394 e. The highest BCUT2D eigenvalue weighted by Gasteiger charge is 2.29.